The van der Waals surface area contributed by atoms with Crippen molar-refractivity contribution in [3.05, 3.63) is 0 Å². The fourth-order valence-electron chi connectivity index (χ4n) is 2.29. The van der Waals surface area contributed by atoms with Gasteiger partial charge >= 0.3 is 0 Å². The second kappa shape index (κ2) is 4.14. The van der Waals surface area contributed by atoms with Gasteiger partial charge in [0.25, 0.3) is 0 Å². The largest absolute Gasteiger partial charge is 0.377 e. The second-order valence-electron chi connectivity index (χ2n) is 4.01. The molecule has 2 atom stereocenters. The van der Waals surface area contributed by atoms with Gasteiger partial charge in [0.1, 0.15) is 0 Å². The molecule has 0 aromatic heterocycles. The number of nitrogens with two attached hydrogens (primary N) is 1. The molecular formula is C10H19NO3. The summed E-state index contributed by atoms with van der Waals surface area (Å²) < 4.78 is 16.9. The second-order valence-corrected chi connectivity index (χ2v) is 4.01. The molecule has 1 saturated heterocycles. The predicted octanol–water partition coefficient (Wildman–Crippen LogP) is 0.646. The molecule has 0 radical (unpaired) electrons. The molecule has 4 nitrogen and oxygen atoms in total. The van der Waals surface area contributed by atoms with Gasteiger partial charge in [-0.25, -0.2) is 0 Å². The zero-order valence-corrected chi connectivity index (χ0v) is 8.70. The first-order chi connectivity index (χ1) is 6.76. The average Bonchev–Trinajstić information content (AvgIpc) is 2.61. The minimum Gasteiger partial charge on any atom is -0.377 e. The maximum absolute atomic E-state index is 5.98. The van der Waals surface area contributed by atoms with Gasteiger partial charge in [0.15, 0.2) is 5.79 Å². The molecule has 2 fully saturated rings. The van der Waals surface area contributed by atoms with Gasteiger partial charge in [-0.15, -0.1) is 0 Å². The van der Waals surface area contributed by atoms with Gasteiger partial charge < -0.3 is 19.9 Å². The van der Waals surface area contributed by atoms with E-state index in [-0.39, 0.29) is 17.9 Å². The minimum atomic E-state index is -0.379. The molecule has 14 heavy (non-hydrogen) atoms. The lowest BCUT2D eigenvalue weighted by molar-refractivity contribution is -0.204. The monoisotopic (exact) mass is 201 g/mol. The van der Waals surface area contributed by atoms with Gasteiger partial charge in [0.2, 0.25) is 0 Å². The molecule has 0 amide bonds. The summed E-state index contributed by atoms with van der Waals surface area (Å²) in [7, 11) is 0. The maximum atomic E-state index is 5.98. The van der Waals surface area contributed by atoms with E-state index >= 15 is 0 Å². The summed E-state index contributed by atoms with van der Waals surface area (Å²) in [5, 5.41) is 0. The Balaban J connectivity index is 1.97. The molecule has 4 heteroatoms. The Kier molecular flexibility index (Phi) is 3.07. The highest BCUT2D eigenvalue weighted by Gasteiger charge is 2.44. The van der Waals surface area contributed by atoms with Crippen molar-refractivity contribution in [3.8, 4) is 0 Å². The van der Waals surface area contributed by atoms with E-state index in [1.54, 1.807) is 0 Å². The molecular weight excluding hydrogens is 182 g/mol. The lowest BCUT2D eigenvalue weighted by Crippen LogP contribution is -2.50. The summed E-state index contributed by atoms with van der Waals surface area (Å²) >= 11 is 0. The number of rotatable bonds is 2. The van der Waals surface area contributed by atoms with Gasteiger partial charge in [-0.3, -0.25) is 0 Å². The topological polar surface area (TPSA) is 53.7 Å². The van der Waals surface area contributed by atoms with Crippen LogP contribution in [0.4, 0.5) is 0 Å². The zero-order valence-electron chi connectivity index (χ0n) is 8.70. The van der Waals surface area contributed by atoms with Gasteiger partial charge in [0.05, 0.1) is 19.3 Å². The summed E-state index contributed by atoms with van der Waals surface area (Å²) in [6.45, 7) is 4.10. The molecule has 0 aromatic carbocycles. The van der Waals surface area contributed by atoms with E-state index in [2.05, 4.69) is 0 Å². The van der Waals surface area contributed by atoms with Crippen molar-refractivity contribution in [1.29, 1.82) is 0 Å². The molecule has 2 unspecified atom stereocenters. The van der Waals surface area contributed by atoms with Crippen molar-refractivity contribution >= 4 is 0 Å². The lowest BCUT2D eigenvalue weighted by atomic mass is 9.88. The average molecular weight is 201 g/mol. The van der Waals surface area contributed by atoms with Crippen LogP contribution in [0.5, 0.6) is 0 Å². The number of ether oxygens (including phenoxy) is 3. The van der Waals surface area contributed by atoms with Crippen LogP contribution in [0.2, 0.25) is 0 Å². The number of hydrogen-bond donors (Lipinski definition) is 1. The maximum Gasteiger partial charge on any atom is 0.171 e. The van der Waals surface area contributed by atoms with E-state index in [1.807, 2.05) is 6.92 Å². The summed E-state index contributed by atoms with van der Waals surface area (Å²) in [5.74, 6) is -0.379. The summed E-state index contributed by atoms with van der Waals surface area (Å²) in [5.41, 5.74) is 5.98. The van der Waals surface area contributed by atoms with Crippen LogP contribution in [0.3, 0.4) is 0 Å². The Morgan fingerprint density at radius 1 is 1.43 bits per heavy atom. The van der Waals surface area contributed by atoms with Crippen molar-refractivity contribution in [3.63, 3.8) is 0 Å². The van der Waals surface area contributed by atoms with Crippen LogP contribution in [0, 0.1) is 0 Å². The number of hydrogen-bond acceptors (Lipinski definition) is 4. The van der Waals surface area contributed by atoms with Crippen LogP contribution in [0.1, 0.15) is 26.2 Å². The van der Waals surface area contributed by atoms with Crippen molar-refractivity contribution in [1.82, 2.24) is 0 Å². The Labute approximate surface area is 84.7 Å². The first-order valence-electron chi connectivity index (χ1n) is 5.41. The van der Waals surface area contributed by atoms with Crippen LogP contribution in [-0.2, 0) is 14.2 Å². The van der Waals surface area contributed by atoms with Crippen LogP contribution in [0.25, 0.3) is 0 Å². The SMILES string of the molecule is CCOC1CC2(CCC1N)OCCO2. The molecule has 82 valence electrons. The van der Waals surface area contributed by atoms with E-state index in [1.165, 1.54) is 0 Å². The lowest BCUT2D eigenvalue weighted by Gasteiger charge is -2.39. The van der Waals surface area contributed by atoms with E-state index in [9.17, 15) is 0 Å². The van der Waals surface area contributed by atoms with Gasteiger partial charge in [-0.2, -0.15) is 0 Å². The normalized spacial score (nSPS) is 36.4. The van der Waals surface area contributed by atoms with Gasteiger partial charge in [-0.05, 0) is 13.3 Å². The van der Waals surface area contributed by atoms with Crippen LogP contribution in [-0.4, -0.2) is 37.8 Å². The molecule has 1 spiro atoms. The van der Waals surface area contributed by atoms with E-state index in [4.69, 9.17) is 19.9 Å². The molecule has 0 bridgehead atoms. The smallest absolute Gasteiger partial charge is 0.171 e. The molecule has 0 aromatic rings. The molecule has 1 aliphatic heterocycles. The van der Waals surface area contributed by atoms with Gasteiger partial charge in [-0.1, -0.05) is 0 Å². The Hall–Kier alpha value is -0.160. The molecule has 1 heterocycles. The minimum absolute atomic E-state index is 0.0897. The Morgan fingerprint density at radius 3 is 2.79 bits per heavy atom. The Morgan fingerprint density at radius 2 is 2.14 bits per heavy atom. The standard InChI is InChI=1S/C10H19NO3/c1-2-12-9-7-10(4-3-8(9)11)13-5-6-14-10/h8-9H,2-7,11H2,1H3. The highest BCUT2D eigenvalue weighted by atomic mass is 16.7. The summed E-state index contributed by atoms with van der Waals surface area (Å²) in [6, 6.07) is 0.133. The fraction of sp³-hybridized carbons (Fsp3) is 1.00. The van der Waals surface area contributed by atoms with E-state index in [0.717, 1.165) is 19.3 Å². The van der Waals surface area contributed by atoms with Crippen molar-refractivity contribution in [2.24, 2.45) is 5.73 Å². The first kappa shape index (κ1) is 10.4. The molecule has 1 saturated carbocycles. The highest BCUT2D eigenvalue weighted by Crippen LogP contribution is 2.36. The van der Waals surface area contributed by atoms with E-state index in [0.29, 0.717) is 19.8 Å². The first-order valence-corrected chi connectivity index (χ1v) is 5.41. The quantitative estimate of drug-likeness (QED) is 0.712. The van der Waals surface area contributed by atoms with Crippen molar-refractivity contribution in [2.75, 3.05) is 19.8 Å². The van der Waals surface area contributed by atoms with Crippen molar-refractivity contribution < 1.29 is 14.2 Å². The van der Waals surface area contributed by atoms with E-state index < -0.39 is 0 Å². The highest BCUT2D eigenvalue weighted by molar-refractivity contribution is 4.90. The van der Waals surface area contributed by atoms with Gasteiger partial charge in [0, 0.05) is 25.5 Å². The molecule has 2 N–H and O–H groups in total. The van der Waals surface area contributed by atoms with Crippen LogP contribution in [0.15, 0.2) is 0 Å². The fourth-order valence-corrected chi connectivity index (χ4v) is 2.29. The van der Waals surface area contributed by atoms with Crippen molar-refractivity contribution in [2.45, 2.75) is 44.1 Å². The molecule has 2 rings (SSSR count). The third kappa shape index (κ3) is 1.93. The van der Waals surface area contributed by atoms with Crippen LogP contribution >= 0.6 is 0 Å². The summed E-state index contributed by atoms with van der Waals surface area (Å²) in [4.78, 5) is 0. The third-order valence-corrected chi connectivity index (χ3v) is 3.04. The third-order valence-electron chi connectivity index (χ3n) is 3.04. The predicted molar refractivity (Wildman–Crippen MR) is 51.9 cm³/mol. The molecule has 2 aliphatic rings. The zero-order chi connectivity index (χ0) is 10.0. The molecule has 1 aliphatic carbocycles. The van der Waals surface area contributed by atoms with Crippen LogP contribution < -0.4 is 5.73 Å². The summed E-state index contributed by atoms with van der Waals surface area (Å²) in [6.07, 6.45) is 2.69. The Bertz CT molecular complexity index is 192.